The molecule has 1 atom stereocenters. The van der Waals surface area contributed by atoms with E-state index in [1.165, 1.54) is 17.4 Å². The van der Waals surface area contributed by atoms with Gasteiger partial charge in [0.25, 0.3) is 5.91 Å². The zero-order chi connectivity index (χ0) is 14.7. The molecule has 0 spiro atoms. The topological polar surface area (TPSA) is 74.6 Å². The fraction of sp³-hybridized carbons (Fsp3) is 0.571. The molecule has 110 valence electrons. The third-order valence-corrected chi connectivity index (χ3v) is 3.74. The molecule has 0 aliphatic heterocycles. The normalized spacial score (nSPS) is 16.1. The molecule has 0 radical (unpaired) electrons. The third-order valence-electron chi connectivity index (χ3n) is 3.74. The SMILES string of the molecule is CC(CNC(=O)c1cccn1CC(=O)O)N(C)C1CC1. The number of carboxylic acids is 1. The van der Waals surface area contributed by atoms with Gasteiger partial charge in [-0.05, 0) is 38.9 Å². The lowest BCUT2D eigenvalue weighted by atomic mass is 10.2. The number of nitrogens with zero attached hydrogens (tertiary/aromatic N) is 2. The molecular weight excluding hydrogens is 258 g/mol. The summed E-state index contributed by atoms with van der Waals surface area (Å²) in [5, 5.41) is 11.7. The molecule has 2 rings (SSSR count). The van der Waals surface area contributed by atoms with Crippen molar-refractivity contribution in [2.24, 2.45) is 0 Å². The number of amides is 1. The molecule has 1 fully saturated rings. The first-order valence-electron chi connectivity index (χ1n) is 6.86. The smallest absolute Gasteiger partial charge is 0.323 e. The molecule has 1 aromatic rings. The van der Waals surface area contributed by atoms with Crippen molar-refractivity contribution >= 4 is 11.9 Å². The molecule has 0 saturated heterocycles. The number of aliphatic carboxylic acids is 1. The molecule has 1 aliphatic rings. The number of carbonyl (C=O) groups is 2. The van der Waals surface area contributed by atoms with Crippen LogP contribution < -0.4 is 5.32 Å². The molecule has 1 unspecified atom stereocenters. The van der Waals surface area contributed by atoms with Crippen LogP contribution in [0, 0.1) is 0 Å². The van der Waals surface area contributed by atoms with Crippen molar-refractivity contribution in [3.05, 3.63) is 24.0 Å². The summed E-state index contributed by atoms with van der Waals surface area (Å²) in [5.41, 5.74) is 0.383. The van der Waals surface area contributed by atoms with Crippen LogP contribution in [0.25, 0.3) is 0 Å². The van der Waals surface area contributed by atoms with Crippen molar-refractivity contribution in [3.63, 3.8) is 0 Å². The number of likely N-dealkylation sites (N-methyl/N-ethyl adjacent to an activating group) is 1. The maximum absolute atomic E-state index is 12.1. The van der Waals surface area contributed by atoms with Gasteiger partial charge in [-0.15, -0.1) is 0 Å². The minimum absolute atomic E-state index is 0.201. The van der Waals surface area contributed by atoms with E-state index in [-0.39, 0.29) is 18.5 Å². The van der Waals surface area contributed by atoms with Crippen LogP contribution in [0.15, 0.2) is 18.3 Å². The van der Waals surface area contributed by atoms with Crippen LogP contribution >= 0.6 is 0 Å². The van der Waals surface area contributed by atoms with Crippen molar-refractivity contribution in [1.82, 2.24) is 14.8 Å². The molecule has 1 amide bonds. The number of aromatic nitrogens is 1. The molecule has 1 aromatic heterocycles. The van der Waals surface area contributed by atoms with Crippen LogP contribution in [0.2, 0.25) is 0 Å². The van der Waals surface area contributed by atoms with Gasteiger partial charge in [0.15, 0.2) is 0 Å². The molecular formula is C14H21N3O3. The average molecular weight is 279 g/mol. The molecule has 1 saturated carbocycles. The van der Waals surface area contributed by atoms with E-state index in [0.29, 0.717) is 18.3 Å². The number of hydrogen-bond donors (Lipinski definition) is 2. The maximum atomic E-state index is 12.1. The number of hydrogen-bond acceptors (Lipinski definition) is 3. The first kappa shape index (κ1) is 14.6. The Balaban J connectivity index is 1.88. The Morgan fingerprint density at radius 2 is 2.25 bits per heavy atom. The largest absolute Gasteiger partial charge is 0.480 e. The van der Waals surface area contributed by atoms with E-state index < -0.39 is 5.97 Å². The van der Waals surface area contributed by atoms with Gasteiger partial charge in [0, 0.05) is 24.8 Å². The molecule has 2 N–H and O–H groups in total. The highest BCUT2D eigenvalue weighted by Gasteiger charge is 2.29. The van der Waals surface area contributed by atoms with Gasteiger partial charge in [0.05, 0.1) is 0 Å². The van der Waals surface area contributed by atoms with E-state index in [0.717, 1.165) is 0 Å². The molecule has 1 aliphatic carbocycles. The number of rotatable bonds is 7. The van der Waals surface area contributed by atoms with Gasteiger partial charge >= 0.3 is 5.97 Å². The van der Waals surface area contributed by atoms with E-state index >= 15 is 0 Å². The summed E-state index contributed by atoms with van der Waals surface area (Å²) in [6.45, 7) is 2.44. The van der Waals surface area contributed by atoms with Crippen LogP contribution in [0.3, 0.4) is 0 Å². The van der Waals surface area contributed by atoms with E-state index in [1.807, 2.05) is 0 Å². The van der Waals surface area contributed by atoms with Gasteiger partial charge in [-0.25, -0.2) is 0 Å². The van der Waals surface area contributed by atoms with E-state index in [4.69, 9.17) is 5.11 Å². The molecule has 20 heavy (non-hydrogen) atoms. The van der Waals surface area contributed by atoms with Gasteiger partial charge in [-0.3, -0.25) is 14.5 Å². The fourth-order valence-corrected chi connectivity index (χ4v) is 2.22. The van der Waals surface area contributed by atoms with Gasteiger partial charge in [0.2, 0.25) is 0 Å². The predicted octanol–water partition coefficient (Wildman–Crippen LogP) is 0.785. The second-order valence-electron chi connectivity index (χ2n) is 5.37. The zero-order valence-corrected chi connectivity index (χ0v) is 11.9. The Kier molecular flexibility index (Phi) is 4.44. The fourth-order valence-electron chi connectivity index (χ4n) is 2.22. The Morgan fingerprint density at radius 3 is 2.85 bits per heavy atom. The Hall–Kier alpha value is -1.82. The van der Waals surface area contributed by atoms with Crippen molar-refractivity contribution in [2.75, 3.05) is 13.6 Å². The van der Waals surface area contributed by atoms with Crippen LogP contribution in [0.5, 0.6) is 0 Å². The highest BCUT2D eigenvalue weighted by molar-refractivity contribution is 5.93. The Morgan fingerprint density at radius 1 is 1.55 bits per heavy atom. The van der Waals surface area contributed by atoms with Crippen molar-refractivity contribution in [3.8, 4) is 0 Å². The number of carbonyl (C=O) groups excluding carboxylic acids is 1. The van der Waals surface area contributed by atoms with E-state index in [1.54, 1.807) is 18.3 Å². The lowest BCUT2D eigenvalue weighted by molar-refractivity contribution is -0.137. The maximum Gasteiger partial charge on any atom is 0.323 e. The average Bonchev–Trinajstić information content (AvgIpc) is 3.15. The third kappa shape index (κ3) is 3.60. The summed E-state index contributed by atoms with van der Waals surface area (Å²) in [6, 6.07) is 4.23. The predicted molar refractivity (Wildman–Crippen MR) is 74.6 cm³/mol. The summed E-state index contributed by atoms with van der Waals surface area (Å²) in [5.74, 6) is -1.19. The van der Waals surface area contributed by atoms with Gasteiger partial charge < -0.3 is 15.0 Å². The summed E-state index contributed by atoms with van der Waals surface area (Å²) < 4.78 is 1.44. The number of nitrogens with one attached hydrogen (secondary N) is 1. The second kappa shape index (κ2) is 6.09. The van der Waals surface area contributed by atoms with Gasteiger partial charge in [-0.2, -0.15) is 0 Å². The van der Waals surface area contributed by atoms with Crippen LogP contribution in [0.4, 0.5) is 0 Å². The highest BCUT2D eigenvalue weighted by Crippen LogP contribution is 2.26. The first-order valence-corrected chi connectivity index (χ1v) is 6.86. The lowest BCUT2D eigenvalue weighted by Gasteiger charge is -2.24. The van der Waals surface area contributed by atoms with E-state index in [9.17, 15) is 9.59 Å². The molecule has 0 aromatic carbocycles. The monoisotopic (exact) mass is 279 g/mol. The minimum Gasteiger partial charge on any atom is -0.480 e. The van der Waals surface area contributed by atoms with Crippen molar-refractivity contribution in [1.29, 1.82) is 0 Å². The lowest BCUT2D eigenvalue weighted by Crippen LogP contribution is -2.41. The van der Waals surface area contributed by atoms with Crippen LogP contribution in [0.1, 0.15) is 30.3 Å². The molecule has 6 nitrogen and oxygen atoms in total. The van der Waals surface area contributed by atoms with E-state index in [2.05, 4.69) is 24.2 Å². The van der Waals surface area contributed by atoms with Gasteiger partial charge in [-0.1, -0.05) is 0 Å². The Bertz CT molecular complexity index is 494. The summed E-state index contributed by atoms with van der Waals surface area (Å²) >= 11 is 0. The molecule has 6 heteroatoms. The minimum atomic E-state index is -0.961. The van der Waals surface area contributed by atoms with Crippen LogP contribution in [-0.2, 0) is 11.3 Å². The zero-order valence-electron chi connectivity index (χ0n) is 11.9. The first-order chi connectivity index (χ1) is 9.49. The standard InChI is InChI=1S/C14H21N3O3/c1-10(16(2)11-5-6-11)8-15-14(20)12-4-3-7-17(12)9-13(18)19/h3-4,7,10-11H,5-6,8-9H2,1-2H3,(H,15,20)(H,18,19). The highest BCUT2D eigenvalue weighted by atomic mass is 16.4. The van der Waals surface area contributed by atoms with Crippen molar-refractivity contribution < 1.29 is 14.7 Å². The molecule has 1 heterocycles. The van der Waals surface area contributed by atoms with Gasteiger partial charge in [0.1, 0.15) is 12.2 Å². The Labute approximate surface area is 118 Å². The van der Waals surface area contributed by atoms with Crippen LogP contribution in [-0.4, -0.2) is 52.1 Å². The summed E-state index contributed by atoms with van der Waals surface area (Å²) in [6.07, 6.45) is 4.06. The van der Waals surface area contributed by atoms with Crippen molar-refractivity contribution in [2.45, 2.75) is 38.4 Å². The second-order valence-corrected chi connectivity index (χ2v) is 5.37. The quantitative estimate of drug-likeness (QED) is 0.773. The summed E-state index contributed by atoms with van der Waals surface area (Å²) in [4.78, 5) is 25.1. The summed E-state index contributed by atoms with van der Waals surface area (Å²) in [7, 11) is 2.07. The molecule has 0 bridgehead atoms. The number of carboxylic acid groups (broad SMARTS) is 1.